The molecule has 7 heteroatoms. The third-order valence-corrected chi connectivity index (χ3v) is 5.68. The minimum Gasteiger partial charge on any atom is -0.450 e. The van der Waals surface area contributed by atoms with Gasteiger partial charge >= 0.3 is 6.09 Å². The molecule has 3 aromatic rings. The van der Waals surface area contributed by atoms with Crippen LogP contribution in [0.4, 0.5) is 9.93 Å². The topological polar surface area (TPSA) is 71.5 Å². The zero-order valence-electron chi connectivity index (χ0n) is 15.6. The number of carbonyl (C=O) groups excluding carboxylic acids is 2. The maximum absolute atomic E-state index is 12.5. The lowest BCUT2D eigenvalue weighted by Crippen LogP contribution is -2.35. The molecule has 0 saturated carbocycles. The highest BCUT2D eigenvalue weighted by Gasteiger charge is 2.25. The van der Waals surface area contributed by atoms with Crippen molar-refractivity contribution in [3.8, 4) is 0 Å². The van der Waals surface area contributed by atoms with Crippen LogP contribution in [0.2, 0.25) is 0 Å². The van der Waals surface area contributed by atoms with Crippen LogP contribution in [-0.4, -0.2) is 35.0 Å². The average molecular weight is 395 g/mol. The van der Waals surface area contributed by atoms with Crippen molar-refractivity contribution in [2.45, 2.75) is 26.3 Å². The van der Waals surface area contributed by atoms with Crippen LogP contribution in [0, 0.1) is 0 Å². The molecule has 0 atom stereocenters. The third-order valence-electron chi connectivity index (χ3n) is 4.68. The van der Waals surface area contributed by atoms with E-state index in [4.69, 9.17) is 4.74 Å². The first-order chi connectivity index (χ1) is 13.6. The van der Waals surface area contributed by atoms with E-state index in [2.05, 4.69) is 16.4 Å². The molecule has 0 unspecified atom stereocenters. The van der Waals surface area contributed by atoms with Crippen LogP contribution in [-0.2, 0) is 28.9 Å². The summed E-state index contributed by atoms with van der Waals surface area (Å²) in [5.74, 6) is -0.0939. The second-order valence-corrected chi connectivity index (χ2v) is 7.75. The number of carbonyl (C=O) groups is 2. The highest BCUT2D eigenvalue weighted by Crippen LogP contribution is 2.28. The molecular formula is C21H21N3O3S. The normalized spacial score (nSPS) is 13.2. The minimum atomic E-state index is -0.302. The molecule has 1 aromatic heterocycles. The molecule has 0 fully saturated rings. The molecule has 1 N–H and O–H groups in total. The molecule has 0 spiro atoms. The number of nitrogens with one attached hydrogen (secondary N) is 1. The number of ether oxygens (including phenoxy) is 1. The van der Waals surface area contributed by atoms with Crippen molar-refractivity contribution < 1.29 is 14.3 Å². The van der Waals surface area contributed by atoms with Crippen molar-refractivity contribution >= 4 is 39.2 Å². The SMILES string of the molecule is CCOC(=O)N1CCc2nc(NC(=O)Cc3ccc4ccccc4c3)sc2C1. The predicted molar refractivity (Wildman–Crippen MR) is 110 cm³/mol. The van der Waals surface area contributed by atoms with Crippen molar-refractivity contribution in [2.75, 3.05) is 18.5 Å². The lowest BCUT2D eigenvalue weighted by atomic mass is 10.1. The van der Waals surface area contributed by atoms with E-state index in [0.717, 1.165) is 26.9 Å². The zero-order chi connectivity index (χ0) is 19.5. The van der Waals surface area contributed by atoms with E-state index < -0.39 is 0 Å². The Morgan fingerprint density at radius 3 is 2.86 bits per heavy atom. The lowest BCUT2D eigenvalue weighted by Gasteiger charge is -2.24. The van der Waals surface area contributed by atoms with Gasteiger partial charge in [0, 0.05) is 17.8 Å². The number of benzene rings is 2. The molecule has 0 saturated heterocycles. The first-order valence-electron chi connectivity index (χ1n) is 9.30. The highest BCUT2D eigenvalue weighted by atomic mass is 32.1. The van der Waals surface area contributed by atoms with E-state index in [-0.39, 0.29) is 12.0 Å². The van der Waals surface area contributed by atoms with Gasteiger partial charge in [-0.05, 0) is 23.3 Å². The fourth-order valence-corrected chi connectivity index (χ4v) is 4.36. The molecule has 1 aliphatic rings. The quantitative estimate of drug-likeness (QED) is 0.725. The van der Waals surface area contributed by atoms with Crippen LogP contribution in [0.5, 0.6) is 0 Å². The van der Waals surface area contributed by atoms with E-state index >= 15 is 0 Å². The lowest BCUT2D eigenvalue weighted by molar-refractivity contribution is -0.115. The van der Waals surface area contributed by atoms with E-state index in [9.17, 15) is 9.59 Å². The Kier molecular flexibility index (Phi) is 5.25. The molecule has 2 aromatic carbocycles. The van der Waals surface area contributed by atoms with Crippen LogP contribution in [0.1, 0.15) is 23.1 Å². The van der Waals surface area contributed by atoms with Gasteiger partial charge in [0.2, 0.25) is 5.91 Å². The van der Waals surface area contributed by atoms with Crippen LogP contribution in [0.15, 0.2) is 42.5 Å². The largest absolute Gasteiger partial charge is 0.450 e. The fraction of sp³-hybridized carbons (Fsp3) is 0.286. The summed E-state index contributed by atoms with van der Waals surface area (Å²) in [4.78, 5) is 31.6. The van der Waals surface area contributed by atoms with Crippen LogP contribution in [0.25, 0.3) is 10.8 Å². The molecule has 0 aliphatic carbocycles. The van der Waals surface area contributed by atoms with Crippen LogP contribution in [0.3, 0.4) is 0 Å². The Bertz CT molecular complexity index is 1030. The third kappa shape index (κ3) is 3.99. The molecule has 0 bridgehead atoms. The Morgan fingerprint density at radius 1 is 1.21 bits per heavy atom. The number of anilines is 1. The maximum Gasteiger partial charge on any atom is 0.410 e. The van der Waals surface area contributed by atoms with Gasteiger partial charge in [-0.15, -0.1) is 0 Å². The van der Waals surface area contributed by atoms with Crippen molar-refractivity contribution in [2.24, 2.45) is 0 Å². The van der Waals surface area contributed by atoms with Crippen molar-refractivity contribution in [3.05, 3.63) is 58.6 Å². The average Bonchev–Trinajstić information content (AvgIpc) is 3.09. The number of thiazole rings is 1. The standard InChI is InChI=1S/C21H21N3O3S/c1-2-27-21(26)24-10-9-17-18(13-24)28-20(22-17)23-19(25)12-14-7-8-15-5-3-4-6-16(15)11-14/h3-8,11H,2,9-10,12-13H2,1H3,(H,22,23,25). The number of fused-ring (bicyclic) bond motifs is 2. The summed E-state index contributed by atoms with van der Waals surface area (Å²) >= 11 is 1.42. The van der Waals surface area contributed by atoms with Crippen LogP contribution >= 0.6 is 11.3 Å². The Hall–Kier alpha value is -2.93. The van der Waals surface area contributed by atoms with Gasteiger partial charge in [-0.2, -0.15) is 0 Å². The Balaban J connectivity index is 1.40. The number of amides is 2. The summed E-state index contributed by atoms with van der Waals surface area (Å²) in [6, 6.07) is 14.1. The van der Waals surface area contributed by atoms with Gasteiger partial charge < -0.3 is 15.0 Å². The van der Waals surface area contributed by atoms with E-state index in [1.54, 1.807) is 11.8 Å². The molecule has 4 rings (SSSR count). The fourth-order valence-electron chi connectivity index (χ4n) is 3.32. The number of hydrogen-bond donors (Lipinski definition) is 1. The maximum atomic E-state index is 12.5. The minimum absolute atomic E-state index is 0.0939. The number of aromatic nitrogens is 1. The smallest absolute Gasteiger partial charge is 0.410 e. The van der Waals surface area contributed by atoms with Gasteiger partial charge in [0.15, 0.2) is 5.13 Å². The van der Waals surface area contributed by atoms with E-state index in [1.165, 1.54) is 11.3 Å². The predicted octanol–water partition coefficient (Wildman–Crippen LogP) is 3.99. The van der Waals surface area contributed by atoms with E-state index in [1.807, 2.05) is 36.4 Å². The number of nitrogens with zero attached hydrogens (tertiary/aromatic N) is 2. The van der Waals surface area contributed by atoms with Gasteiger partial charge in [0.05, 0.1) is 25.3 Å². The van der Waals surface area contributed by atoms with Crippen molar-refractivity contribution in [1.82, 2.24) is 9.88 Å². The number of hydrogen-bond acceptors (Lipinski definition) is 5. The molecule has 2 amide bonds. The summed E-state index contributed by atoms with van der Waals surface area (Å²) in [5, 5.41) is 5.76. The van der Waals surface area contributed by atoms with Gasteiger partial charge in [0.1, 0.15) is 0 Å². The molecule has 0 radical (unpaired) electrons. The van der Waals surface area contributed by atoms with Gasteiger partial charge in [-0.3, -0.25) is 4.79 Å². The van der Waals surface area contributed by atoms with Crippen molar-refractivity contribution in [1.29, 1.82) is 0 Å². The summed E-state index contributed by atoms with van der Waals surface area (Å²) in [6.07, 6.45) is 0.665. The highest BCUT2D eigenvalue weighted by molar-refractivity contribution is 7.15. The summed E-state index contributed by atoms with van der Waals surface area (Å²) < 4.78 is 5.07. The monoisotopic (exact) mass is 395 g/mol. The Labute approximate surface area is 167 Å². The van der Waals surface area contributed by atoms with Gasteiger partial charge in [0.25, 0.3) is 0 Å². The second-order valence-electron chi connectivity index (χ2n) is 6.67. The molecular weight excluding hydrogens is 374 g/mol. The van der Waals surface area contributed by atoms with Crippen LogP contribution < -0.4 is 5.32 Å². The van der Waals surface area contributed by atoms with Gasteiger partial charge in [-0.25, -0.2) is 9.78 Å². The van der Waals surface area contributed by atoms with Gasteiger partial charge in [-0.1, -0.05) is 53.8 Å². The molecule has 144 valence electrons. The molecule has 28 heavy (non-hydrogen) atoms. The first-order valence-corrected chi connectivity index (χ1v) is 10.1. The first kappa shape index (κ1) is 18.4. The molecule has 6 nitrogen and oxygen atoms in total. The van der Waals surface area contributed by atoms with Crippen molar-refractivity contribution in [3.63, 3.8) is 0 Å². The number of rotatable bonds is 4. The second kappa shape index (κ2) is 7.98. The molecule has 2 heterocycles. The zero-order valence-corrected chi connectivity index (χ0v) is 16.4. The van der Waals surface area contributed by atoms with E-state index in [0.29, 0.717) is 37.7 Å². The molecule has 1 aliphatic heterocycles. The summed E-state index contributed by atoms with van der Waals surface area (Å²) in [7, 11) is 0. The summed E-state index contributed by atoms with van der Waals surface area (Å²) in [5.41, 5.74) is 1.91. The Morgan fingerprint density at radius 2 is 2.04 bits per heavy atom. The summed E-state index contributed by atoms with van der Waals surface area (Å²) in [6.45, 7) is 3.22.